The Labute approximate surface area is 131 Å². The van der Waals surface area contributed by atoms with Gasteiger partial charge in [0.15, 0.2) is 0 Å². The highest BCUT2D eigenvalue weighted by atomic mass is 16.3. The molecule has 0 aliphatic carbocycles. The summed E-state index contributed by atoms with van der Waals surface area (Å²) < 4.78 is 1.78. The second kappa shape index (κ2) is 7.75. The van der Waals surface area contributed by atoms with Gasteiger partial charge in [0.2, 0.25) is 5.91 Å². The van der Waals surface area contributed by atoms with E-state index in [0.717, 1.165) is 11.3 Å². The van der Waals surface area contributed by atoms with Crippen molar-refractivity contribution < 1.29 is 9.90 Å². The lowest BCUT2D eigenvalue weighted by molar-refractivity contribution is -0.130. The average Bonchev–Trinajstić information content (AvgIpc) is 2.95. The highest BCUT2D eigenvalue weighted by Gasteiger charge is 2.13. The fraction of sp³-hybridized carbons (Fsp3) is 0.412. The molecule has 0 saturated carbocycles. The fourth-order valence-corrected chi connectivity index (χ4v) is 2.35. The number of carbonyl (C=O) groups is 1. The maximum Gasteiger partial charge on any atom is 0.222 e. The Morgan fingerprint density at radius 2 is 2.05 bits per heavy atom. The van der Waals surface area contributed by atoms with Crippen molar-refractivity contribution in [2.75, 3.05) is 13.6 Å². The first-order chi connectivity index (χ1) is 10.6. The molecule has 0 unspecified atom stereocenters. The van der Waals surface area contributed by atoms with Crippen molar-refractivity contribution in [3.05, 3.63) is 53.9 Å². The summed E-state index contributed by atoms with van der Waals surface area (Å²) in [6.07, 6.45) is 2.88. The van der Waals surface area contributed by atoms with Gasteiger partial charge in [0.1, 0.15) is 0 Å². The van der Waals surface area contributed by atoms with Crippen molar-refractivity contribution in [1.82, 2.24) is 14.7 Å². The first kappa shape index (κ1) is 16.2. The van der Waals surface area contributed by atoms with E-state index in [1.54, 1.807) is 22.8 Å². The molecule has 1 aromatic heterocycles. The van der Waals surface area contributed by atoms with Crippen LogP contribution in [0.15, 0.2) is 42.6 Å². The van der Waals surface area contributed by atoms with Crippen LogP contribution in [-0.4, -0.2) is 39.3 Å². The van der Waals surface area contributed by atoms with E-state index >= 15 is 0 Å². The van der Waals surface area contributed by atoms with Gasteiger partial charge in [-0.05, 0) is 24.5 Å². The predicted octanol–water partition coefficient (Wildman–Crippen LogP) is 1.93. The van der Waals surface area contributed by atoms with E-state index in [4.69, 9.17) is 0 Å². The largest absolute Gasteiger partial charge is 0.388 e. The third kappa shape index (κ3) is 4.43. The molecule has 0 saturated heterocycles. The molecule has 0 spiro atoms. The van der Waals surface area contributed by atoms with Crippen LogP contribution < -0.4 is 0 Å². The minimum atomic E-state index is -0.534. The number of rotatable bonds is 7. The Balaban J connectivity index is 1.75. The van der Waals surface area contributed by atoms with Crippen LogP contribution in [0.5, 0.6) is 0 Å². The first-order valence-electron chi connectivity index (χ1n) is 7.52. The molecule has 0 fully saturated rings. The predicted molar refractivity (Wildman–Crippen MR) is 85.2 cm³/mol. The summed E-state index contributed by atoms with van der Waals surface area (Å²) in [6, 6.07) is 11.4. The third-order valence-corrected chi connectivity index (χ3v) is 3.87. The molecular weight excluding hydrogens is 278 g/mol. The molecule has 2 rings (SSSR count). The molecule has 118 valence electrons. The summed E-state index contributed by atoms with van der Waals surface area (Å²) in [6.45, 7) is 0.542. The van der Waals surface area contributed by atoms with E-state index in [-0.39, 0.29) is 5.91 Å². The maximum absolute atomic E-state index is 12.1. The van der Waals surface area contributed by atoms with E-state index in [1.807, 2.05) is 43.4 Å². The van der Waals surface area contributed by atoms with Gasteiger partial charge < -0.3 is 10.0 Å². The van der Waals surface area contributed by atoms with Gasteiger partial charge in [-0.15, -0.1) is 0 Å². The van der Waals surface area contributed by atoms with Gasteiger partial charge in [-0.2, -0.15) is 5.10 Å². The molecule has 0 radical (unpaired) electrons. The van der Waals surface area contributed by atoms with Crippen molar-refractivity contribution >= 4 is 5.91 Å². The van der Waals surface area contributed by atoms with Crippen LogP contribution in [0.4, 0.5) is 0 Å². The lowest BCUT2D eigenvalue weighted by atomic mass is 10.1. The van der Waals surface area contributed by atoms with Gasteiger partial charge in [0.25, 0.3) is 0 Å². The van der Waals surface area contributed by atoms with E-state index in [9.17, 15) is 9.90 Å². The molecule has 2 aromatic rings. The highest BCUT2D eigenvalue weighted by molar-refractivity contribution is 5.76. The number of amides is 1. The van der Waals surface area contributed by atoms with Crippen molar-refractivity contribution in [3.63, 3.8) is 0 Å². The lowest BCUT2D eigenvalue weighted by Crippen LogP contribution is -2.29. The standard InChI is InChI=1S/C17H23N3O2/c1-19(13-11-16(21)14-6-4-3-5-7-14)17(22)9-8-15-10-12-18-20(15)2/h3-7,10,12,16,21H,8-9,11,13H2,1-2H3/t16-/m1/s1. The number of benzene rings is 1. The quantitative estimate of drug-likeness (QED) is 0.850. The Morgan fingerprint density at radius 1 is 1.32 bits per heavy atom. The molecule has 0 aliphatic heterocycles. The molecule has 1 atom stereocenters. The average molecular weight is 301 g/mol. The van der Waals surface area contributed by atoms with Gasteiger partial charge in [0.05, 0.1) is 6.10 Å². The molecule has 5 nitrogen and oxygen atoms in total. The van der Waals surface area contributed by atoms with Crippen LogP contribution in [0.2, 0.25) is 0 Å². The Hall–Kier alpha value is -2.14. The highest BCUT2D eigenvalue weighted by Crippen LogP contribution is 2.16. The minimum Gasteiger partial charge on any atom is -0.388 e. The van der Waals surface area contributed by atoms with Crippen LogP contribution in [0.3, 0.4) is 0 Å². The summed E-state index contributed by atoms with van der Waals surface area (Å²) in [5, 5.41) is 14.2. The fourth-order valence-electron chi connectivity index (χ4n) is 2.35. The minimum absolute atomic E-state index is 0.0847. The van der Waals surface area contributed by atoms with Crippen LogP contribution in [0.1, 0.15) is 30.2 Å². The Bertz CT molecular complexity index is 595. The van der Waals surface area contributed by atoms with Crippen LogP contribution in [-0.2, 0) is 18.3 Å². The first-order valence-corrected chi connectivity index (χ1v) is 7.52. The van der Waals surface area contributed by atoms with Crippen molar-refractivity contribution in [1.29, 1.82) is 0 Å². The van der Waals surface area contributed by atoms with Crippen molar-refractivity contribution in [2.45, 2.75) is 25.4 Å². The normalized spacial score (nSPS) is 12.1. The van der Waals surface area contributed by atoms with Crippen LogP contribution >= 0.6 is 0 Å². The Morgan fingerprint density at radius 3 is 2.68 bits per heavy atom. The number of aryl methyl sites for hydroxylation is 2. The van der Waals surface area contributed by atoms with Gasteiger partial charge in [-0.3, -0.25) is 9.48 Å². The summed E-state index contributed by atoms with van der Waals surface area (Å²) in [5.41, 5.74) is 1.93. The monoisotopic (exact) mass is 301 g/mol. The molecular formula is C17H23N3O2. The zero-order chi connectivity index (χ0) is 15.9. The summed E-state index contributed by atoms with van der Waals surface area (Å²) >= 11 is 0. The SMILES string of the molecule is CN(CC[C@@H](O)c1ccccc1)C(=O)CCc1ccnn1C. The summed E-state index contributed by atoms with van der Waals surface area (Å²) in [5.74, 6) is 0.0847. The van der Waals surface area contributed by atoms with Crippen molar-refractivity contribution in [3.8, 4) is 0 Å². The lowest BCUT2D eigenvalue weighted by Gasteiger charge is -2.19. The number of aliphatic hydroxyl groups is 1. The molecule has 1 aromatic carbocycles. The van der Waals surface area contributed by atoms with E-state index in [1.165, 1.54) is 0 Å². The molecule has 5 heteroatoms. The van der Waals surface area contributed by atoms with Gasteiger partial charge >= 0.3 is 0 Å². The van der Waals surface area contributed by atoms with Crippen LogP contribution in [0.25, 0.3) is 0 Å². The van der Waals surface area contributed by atoms with Gasteiger partial charge in [-0.1, -0.05) is 30.3 Å². The number of carbonyl (C=O) groups excluding carboxylic acids is 1. The molecule has 0 bridgehead atoms. The second-order valence-electron chi connectivity index (χ2n) is 5.48. The number of hydrogen-bond acceptors (Lipinski definition) is 3. The number of hydrogen-bond donors (Lipinski definition) is 1. The van der Waals surface area contributed by atoms with Gasteiger partial charge in [-0.25, -0.2) is 0 Å². The zero-order valence-electron chi connectivity index (χ0n) is 13.1. The number of aliphatic hydroxyl groups excluding tert-OH is 1. The molecule has 1 amide bonds. The third-order valence-electron chi connectivity index (χ3n) is 3.87. The Kier molecular flexibility index (Phi) is 5.72. The molecule has 22 heavy (non-hydrogen) atoms. The maximum atomic E-state index is 12.1. The van der Waals surface area contributed by atoms with E-state index < -0.39 is 6.10 Å². The zero-order valence-corrected chi connectivity index (χ0v) is 13.1. The summed E-state index contributed by atoms with van der Waals surface area (Å²) in [7, 11) is 3.66. The van der Waals surface area contributed by atoms with Crippen molar-refractivity contribution in [2.24, 2.45) is 7.05 Å². The van der Waals surface area contributed by atoms with Gasteiger partial charge in [0, 0.05) is 39.0 Å². The smallest absolute Gasteiger partial charge is 0.222 e. The second-order valence-corrected chi connectivity index (χ2v) is 5.48. The van der Waals surface area contributed by atoms with E-state index in [0.29, 0.717) is 25.8 Å². The summed E-state index contributed by atoms with van der Waals surface area (Å²) in [4.78, 5) is 13.8. The molecule has 1 N–H and O–H groups in total. The van der Waals surface area contributed by atoms with E-state index in [2.05, 4.69) is 5.10 Å². The molecule has 1 heterocycles. The van der Waals surface area contributed by atoms with Crippen LogP contribution in [0, 0.1) is 0 Å². The number of aromatic nitrogens is 2. The topological polar surface area (TPSA) is 58.4 Å². The number of nitrogens with zero attached hydrogens (tertiary/aromatic N) is 3. The molecule has 0 aliphatic rings.